The summed E-state index contributed by atoms with van der Waals surface area (Å²) in [5.41, 5.74) is 2.53. The number of fused-ring (bicyclic) bond motifs is 1. The van der Waals surface area contributed by atoms with Gasteiger partial charge in [0.25, 0.3) is 0 Å². The van der Waals surface area contributed by atoms with Crippen molar-refractivity contribution in [2.75, 3.05) is 6.54 Å². The molecule has 0 aliphatic heterocycles. The lowest BCUT2D eigenvalue weighted by atomic mass is 10.1. The maximum atomic E-state index is 4.59. The third kappa shape index (κ3) is 2.66. The predicted molar refractivity (Wildman–Crippen MR) is 79.1 cm³/mol. The number of rotatable bonds is 5. The number of hydrogen-bond donors (Lipinski definition) is 1. The molecular weight excluding hydrogens is 234 g/mol. The Balaban J connectivity index is 1.89. The average Bonchev–Trinajstić information content (AvgIpc) is 3.06. The summed E-state index contributed by atoms with van der Waals surface area (Å²) in [6.45, 7) is 5.24. The molecule has 1 N–H and O–H groups in total. The zero-order valence-corrected chi connectivity index (χ0v) is 11.7. The van der Waals surface area contributed by atoms with Gasteiger partial charge in [-0.2, -0.15) is 0 Å². The SMILES string of the molecule is CCNCc1cn(CC2CCCC2)c2ncccc12. The minimum absolute atomic E-state index is 0.851. The van der Waals surface area contributed by atoms with Crippen molar-refractivity contribution in [3.05, 3.63) is 30.1 Å². The zero-order valence-electron chi connectivity index (χ0n) is 11.7. The molecule has 2 heterocycles. The van der Waals surface area contributed by atoms with E-state index in [1.54, 1.807) is 0 Å². The second kappa shape index (κ2) is 5.74. The van der Waals surface area contributed by atoms with Gasteiger partial charge in [0.05, 0.1) is 0 Å². The summed E-state index contributed by atoms with van der Waals surface area (Å²) in [5, 5.41) is 4.73. The first-order valence-electron chi connectivity index (χ1n) is 7.52. The van der Waals surface area contributed by atoms with Crippen molar-refractivity contribution in [2.45, 2.75) is 45.7 Å². The summed E-state index contributed by atoms with van der Waals surface area (Å²) in [4.78, 5) is 4.59. The molecule has 2 aromatic rings. The summed E-state index contributed by atoms with van der Waals surface area (Å²) < 4.78 is 2.37. The number of nitrogens with one attached hydrogen (secondary N) is 1. The minimum Gasteiger partial charge on any atom is -0.332 e. The monoisotopic (exact) mass is 257 g/mol. The van der Waals surface area contributed by atoms with Crippen LogP contribution >= 0.6 is 0 Å². The van der Waals surface area contributed by atoms with E-state index < -0.39 is 0 Å². The molecule has 0 unspecified atom stereocenters. The molecule has 0 atom stereocenters. The lowest BCUT2D eigenvalue weighted by Crippen LogP contribution is -2.11. The number of nitrogens with zero attached hydrogens (tertiary/aromatic N) is 2. The Hall–Kier alpha value is -1.35. The first-order chi connectivity index (χ1) is 9.38. The van der Waals surface area contributed by atoms with Crippen LogP contribution in [0.15, 0.2) is 24.5 Å². The van der Waals surface area contributed by atoms with Crippen molar-refractivity contribution in [3.8, 4) is 0 Å². The fourth-order valence-corrected chi connectivity index (χ4v) is 3.21. The number of pyridine rings is 1. The standard InChI is InChI=1S/C16H23N3/c1-2-17-10-14-12-19(11-13-6-3-4-7-13)16-15(14)8-5-9-18-16/h5,8-9,12-13,17H,2-4,6-7,10-11H2,1H3. The Labute approximate surface area is 115 Å². The summed E-state index contributed by atoms with van der Waals surface area (Å²) in [7, 11) is 0. The summed E-state index contributed by atoms with van der Waals surface area (Å²) in [5.74, 6) is 0.851. The second-order valence-electron chi connectivity index (χ2n) is 5.61. The van der Waals surface area contributed by atoms with Gasteiger partial charge in [0, 0.05) is 30.9 Å². The second-order valence-corrected chi connectivity index (χ2v) is 5.61. The van der Waals surface area contributed by atoms with E-state index in [1.807, 2.05) is 12.3 Å². The van der Waals surface area contributed by atoms with E-state index in [0.29, 0.717) is 0 Å². The molecule has 1 saturated carbocycles. The molecular formula is C16H23N3. The van der Waals surface area contributed by atoms with Crippen LogP contribution in [0.4, 0.5) is 0 Å². The molecule has 3 heteroatoms. The molecule has 1 aliphatic rings. The van der Waals surface area contributed by atoms with Gasteiger partial charge >= 0.3 is 0 Å². The molecule has 0 aromatic carbocycles. The summed E-state index contributed by atoms with van der Waals surface area (Å²) >= 11 is 0. The highest BCUT2D eigenvalue weighted by Crippen LogP contribution is 2.28. The van der Waals surface area contributed by atoms with Crippen molar-refractivity contribution in [3.63, 3.8) is 0 Å². The highest BCUT2D eigenvalue weighted by atomic mass is 15.0. The van der Waals surface area contributed by atoms with Crippen LogP contribution in [0.2, 0.25) is 0 Å². The first-order valence-corrected chi connectivity index (χ1v) is 7.52. The van der Waals surface area contributed by atoms with Crippen LogP contribution in [0.25, 0.3) is 11.0 Å². The van der Waals surface area contributed by atoms with Gasteiger partial charge in [0.15, 0.2) is 0 Å². The Kier molecular flexibility index (Phi) is 3.83. The largest absolute Gasteiger partial charge is 0.332 e. The number of aromatic nitrogens is 2. The molecule has 1 aliphatic carbocycles. The van der Waals surface area contributed by atoms with Crippen LogP contribution in [-0.2, 0) is 13.1 Å². The Bertz CT molecular complexity index is 538. The zero-order chi connectivity index (χ0) is 13.1. The van der Waals surface area contributed by atoms with Crippen molar-refractivity contribution >= 4 is 11.0 Å². The van der Waals surface area contributed by atoms with Crippen LogP contribution < -0.4 is 5.32 Å². The van der Waals surface area contributed by atoms with Crippen molar-refractivity contribution in [1.29, 1.82) is 0 Å². The third-order valence-electron chi connectivity index (χ3n) is 4.21. The van der Waals surface area contributed by atoms with Crippen LogP contribution in [-0.4, -0.2) is 16.1 Å². The molecule has 0 bridgehead atoms. The van der Waals surface area contributed by atoms with Gasteiger partial charge in [-0.15, -0.1) is 0 Å². The minimum atomic E-state index is 0.851. The molecule has 1 fully saturated rings. The molecule has 0 amide bonds. The van der Waals surface area contributed by atoms with Gasteiger partial charge in [-0.25, -0.2) is 4.98 Å². The van der Waals surface area contributed by atoms with Gasteiger partial charge in [0.1, 0.15) is 5.65 Å². The smallest absolute Gasteiger partial charge is 0.140 e. The van der Waals surface area contributed by atoms with E-state index in [0.717, 1.165) is 31.2 Å². The molecule has 102 valence electrons. The fourth-order valence-electron chi connectivity index (χ4n) is 3.21. The van der Waals surface area contributed by atoms with Crippen LogP contribution in [0, 0.1) is 5.92 Å². The van der Waals surface area contributed by atoms with E-state index in [1.165, 1.54) is 36.6 Å². The quantitative estimate of drug-likeness (QED) is 0.890. The lowest BCUT2D eigenvalue weighted by Gasteiger charge is -2.10. The summed E-state index contributed by atoms with van der Waals surface area (Å²) in [6, 6.07) is 4.23. The molecule has 0 saturated heterocycles. The highest BCUT2D eigenvalue weighted by Gasteiger charge is 2.17. The van der Waals surface area contributed by atoms with E-state index >= 15 is 0 Å². The first kappa shape index (κ1) is 12.7. The van der Waals surface area contributed by atoms with Crippen LogP contribution in [0.3, 0.4) is 0 Å². The molecule has 2 aromatic heterocycles. The molecule has 3 rings (SSSR count). The van der Waals surface area contributed by atoms with Crippen molar-refractivity contribution in [1.82, 2.24) is 14.9 Å². The summed E-state index contributed by atoms with van der Waals surface area (Å²) in [6.07, 6.45) is 9.79. The number of hydrogen-bond acceptors (Lipinski definition) is 2. The van der Waals surface area contributed by atoms with E-state index in [2.05, 4.69) is 34.1 Å². The fraction of sp³-hybridized carbons (Fsp3) is 0.562. The van der Waals surface area contributed by atoms with Gasteiger partial charge in [-0.1, -0.05) is 19.8 Å². The van der Waals surface area contributed by atoms with Gasteiger partial charge < -0.3 is 9.88 Å². The average molecular weight is 257 g/mol. The highest BCUT2D eigenvalue weighted by molar-refractivity contribution is 5.80. The maximum Gasteiger partial charge on any atom is 0.140 e. The molecule has 19 heavy (non-hydrogen) atoms. The van der Waals surface area contributed by atoms with Gasteiger partial charge in [-0.3, -0.25) is 0 Å². The Morgan fingerprint density at radius 3 is 3.00 bits per heavy atom. The Morgan fingerprint density at radius 1 is 1.37 bits per heavy atom. The van der Waals surface area contributed by atoms with E-state index in [9.17, 15) is 0 Å². The van der Waals surface area contributed by atoms with Gasteiger partial charge in [-0.05, 0) is 43.0 Å². The van der Waals surface area contributed by atoms with Crippen LogP contribution in [0.1, 0.15) is 38.2 Å². The topological polar surface area (TPSA) is 29.9 Å². The molecule has 0 radical (unpaired) electrons. The third-order valence-corrected chi connectivity index (χ3v) is 4.21. The normalized spacial score (nSPS) is 16.5. The van der Waals surface area contributed by atoms with E-state index in [4.69, 9.17) is 0 Å². The molecule has 0 spiro atoms. The van der Waals surface area contributed by atoms with Crippen LogP contribution in [0.5, 0.6) is 0 Å². The van der Waals surface area contributed by atoms with Crippen molar-refractivity contribution in [2.24, 2.45) is 5.92 Å². The lowest BCUT2D eigenvalue weighted by molar-refractivity contribution is 0.463. The van der Waals surface area contributed by atoms with Crippen molar-refractivity contribution < 1.29 is 0 Å². The van der Waals surface area contributed by atoms with Gasteiger partial charge in [0.2, 0.25) is 0 Å². The molecule has 3 nitrogen and oxygen atoms in total. The Morgan fingerprint density at radius 2 is 2.21 bits per heavy atom. The maximum absolute atomic E-state index is 4.59. The predicted octanol–water partition coefficient (Wildman–Crippen LogP) is 3.34. The van der Waals surface area contributed by atoms with E-state index in [-0.39, 0.29) is 0 Å².